The molecule has 144 valence electrons. The molecule has 0 N–H and O–H groups in total. The minimum absolute atomic E-state index is 0.0785. The number of methoxy groups -OCH3 is 1. The maximum atomic E-state index is 13.0. The number of sulfonamides is 1. The number of benzene rings is 1. The number of piperazine rings is 1. The van der Waals surface area contributed by atoms with E-state index in [1.807, 2.05) is 18.2 Å². The largest absolute Gasteiger partial charge is 0.465 e. The van der Waals surface area contributed by atoms with E-state index in [9.17, 15) is 13.2 Å². The van der Waals surface area contributed by atoms with Gasteiger partial charge in [-0.15, -0.1) is 0 Å². The van der Waals surface area contributed by atoms with E-state index in [1.165, 1.54) is 29.6 Å². The lowest BCUT2D eigenvalue weighted by Gasteiger charge is -2.33. The van der Waals surface area contributed by atoms with Crippen LogP contribution in [-0.2, 0) is 21.3 Å². The number of aromatic nitrogens is 1. The molecule has 9 heteroatoms. The third-order valence-corrected chi connectivity index (χ3v) is 6.79. The van der Waals surface area contributed by atoms with Crippen LogP contribution < -0.4 is 0 Å². The van der Waals surface area contributed by atoms with Gasteiger partial charge in [0, 0.05) is 38.9 Å². The highest BCUT2D eigenvalue weighted by Crippen LogP contribution is 2.27. The minimum Gasteiger partial charge on any atom is -0.465 e. The second-order valence-corrected chi connectivity index (χ2v) is 8.45. The highest BCUT2D eigenvalue weighted by atomic mass is 35.5. The molecule has 7 nitrogen and oxygen atoms in total. The summed E-state index contributed by atoms with van der Waals surface area (Å²) in [5, 5.41) is 0.0820. The third-order valence-electron chi connectivity index (χ3n) is 4.41. The van der Waals surface area contributed by atoms with Crippen LogP contribution in [0.15, 0.2) is 47.5 Å². The fourth-order valence-electron chi connectivity index (χ4n) is 2.93. The molecule has 1 aromatic carbocycles. The molecule has 1 aromatic heterocycles. The second kappa shape index (κ2) is 8.35. The molecule has 1 fully saturated rings. The number of rotatable bonds is 5. The molecule has 0 atom stereocenters. The van der Waals surface area contributed by atoms with Crippen LogP contribution in [0.3, 0.4) is 0 Å². The predicted molar refractivity (Wildman–Crippen MR) is 101 cm³/mol. The number of nitrogens with zero attached hydrogens (tertiary/aromatic N) is 3. The zero-order valence-electron chi connectivity index (χ0n) is 14.8. The lowest BCUT2D eigenvalue weighted by molar-refractivity contribution is 0.0600. The number of ether oxygens (including phenoxy) is 1. The summed E-state index contributed by atoms with van der Waals surface area (Å²) >= 11 is 6.11. The fourth-order valence-corrected chi connectivity index (χ4v) is 4.86. The Kier molecular flexibility index (Phi) is 6.11. The lowest BCUT2D eigenvalue weighted by atomic mass is 10.2. The molecule has 0 unspecified atom stereocenters. The van der Waals surface area contributed by atoms with E-state index < -0.39 is 16.0 Å². The molecule has 0 spiro atoms. The van der Waals surface area contributed by atoms with Crippen LogP contribution in [0, 0.1) is 0 Å². The van der Waals surface area contributed by atoms with Crippen molar-refractivity contribution >= 4 is 27.6 Å². The lowest BCUT2D eigenvalue weighted by Crippen LogP contribution is -2.48. The highest BCUT2D eigenvalue weighted by molar-refractivity contribution is 7.89. The van der Waals surface area contributed by atoms with E-state index in [1.54, 1.807) is 6.20 Å². The third kappa shape index (κ3) is 4.47. The molecule has 1 saturated heterocycles. The molecule has 0 bridgehead atoms. The summed E-state index contributed by atoms with van der Waals surface area (Å²) in [5.74, 6) is -0.608. The maximum absolute atomic E-state index is 13.0. The zero-order valence-corrected chi connectivity index (χ0v) is 16.4. The number of hydrogen-bond acceptors (Lipinski definition) is 6. The van der Waals surface area contributed by atoms with Crippen LogP contribution >= 0.6 is 11.6 Å². The maximum Gasteiger partial charge on any atom is 0.337 e. The van der Waals surface area contributed by atoms with E-state index >= 15 is 0 Å². The van der Waals surface area contributed by atoms with Gasteiger partial charge < -0.3 is 4.74 Å². The van der Waals surface area contributed by atoms with Gasteiger partial charge in [0.15, 0.2) is 0 Å². The van der Waals surface area contributed by atoms with Crippen molar-refractivity contribution in [1.29, 1.82) is 0 Å². The Morgan fingerprint density at radius 3 is 2.56 bits per heavy atom. The SMILES string of the molecule is COC(=O)c1ccc(Cl)c(S(=O)(=O)N2CCN(Cc3ccccn3)CC2)c1. The molecule has 3 rings (SSSR count). The monoisotopic (exact) mass is 409 g/mol. The van der Waals surface area contributed by atoms with Gasteiger partial charge in [-0.25, -0.2) is 13.2 Å². The first kappa shape index (κ1) is 19.8. The Hall–Kier alpha value is -2.00. The van der Waals surface area contributed by atoms with Crippen LogP contribution in [0.4, 0.5) is 0 Å². The van der Waals surface area contributed by atoms with E-state index in [4.69, 9.17) is 11.6 Å². The van der Waals surface area contributed by atoms with Crippen molar-refractivity contribution < 1.29 is 17.9 Å². The first-order valence-electron chi connectivity index (χ1n) is 8.42. The second-order valence-electron chi connectivity index (χ2n) is 6.14. The summed E-state index contributed by atoms with van der Waals surface area (Å²) in [6.45, 7) is 2.53. The van der Waals surface area contributed by atoms with Crippen molar-refractivity contribution in [2.24, 2.45) is 0 Å². The van der Waals surface area contributed by atoms with Crippen LogP contribution in [-0.4, -0.2) is 61.9 Å². The van der Waals surface area contributed by atoms with Gasteiger partial charge in [-0.2, -0.15) is 4.31 Å². The average Bonchev–Trinajstić information content (AvgIpc) is 2.69. The summed E-state index contributed by atoms with van der Waals surface area (Å²) < 4.78 is 32.0. The average molecular weight is 410 g/mol. The van der Waals surface area contributed by atoms with E-state index in [0.717, 1.165) is 5.69 Å². The molecule has 2 aromatic rings. The first-order valence-corrected chi connectivity index (χ1v) is 10.2. The van der Waals surface area contributed by atoms with Gasteiger partial charge in [0.1, 0.15) is 4.90 Å². The first-order chi connectivity index (χ1) is 12.9. The van der Waals surface area contributed by atoms with Crippen LogP contribution in [0.5, 0.6) is 0 Å². The molecule has 2 heterocycles. The molecule has 0 radical (unpaired) electrons. The summed E-state index contributed by atoms with van der Waals surface area (Å²) in [6.07, 6.45) is 1.74. The standard InChI is InChI=1S/C18H20ClN3O4S/c1-26-18(23)14-5-6-16(19)17(12-14)27(24,25)22-10-8-21(9-11-22)13-15-4-2-3-7-20-15/h2-7,12H,8-11,13H2,1H3. The Balaban J connectivity index is 1.72. The van der Waals surface area contributed by atoms with Gasteiger partial charge in [0.05, 0.1) is 23.4 Å². The normalized spacial score (nSPS) is 16.2. The number of pyridine rings is 1. The van der Waals surface area contributed by atoms with Crippen molar-refractivity contribution in [2.75, 3.05) is 33.3 Å². The van der Waals surface area contributed by atoms with Crippen molar-refractivity contribution in [1.82, 2.24) is 14.2 Å². The van der Waals surface area contributed by atoms with Gasteiger partial charge >= 0.3 is 5.97 Å². The zero-order chi connectivity index (χ0) is 19.4. The smallest absolute Gasteiger partial charge is 0.337 e. The Morgan fingerprint density at radius 1 is 1.19 bits per heavy atom. The molecule has 0 amide bonds. The summed E-state index contributed by atoms with van der Waals surface area (Å²) in [5.41, 5.74) is 1.09. The number of carbonyl (C=O) groups excluding carboxylic acids is 1. The highest BCUT2D eigenvalue weighted by Gasteiger charge is 2.31. The van der Waals surface area contributed by atoms with Crippen molar-refractivity contribution in [3.05, 3.63) is 58.9 Å². The van der Waals surface area contributed by atoms with Gasteiger partial charge in [0.25, 0.3) is 0 Å². The number of carbonyl (C=O) groups is 1. The van der Waals surface area contributed by atoms with E-state index in [2.05, 4.69) is 14.6 Å². The van der Waals surface area contributed by atoms with E-state index in [-0.39, 0.29) is 15.5 Å². The quantitative estimate of drug-likeness (QED) is 0.703. The van der Waals surface area contributed by atoms with Gasteiger partial charge in [0.2, 0.25) is 10.0 Å². The molecular weight excluding hydrogens is 390 g/mol. The summed E-state index contributed by atoms with van der Waals surface area (Å²) in [4.78, 5) is 18.1. The van der Waals surface area contributed by atoms with Gasteiger partial charge in [-0.3, -0.25) is 9.88 Å². The summed E-state index contributed by atoms with van der Waals surface area (Å²) in [6, 6.07) is 9.85. The molecule has 1 aliphatic rings. The molecular formula is C18H20ClN3O4S. The van der Waals surface area contributed by atoms with Crippen LogP contribution in [0.25, 0.3) is 0 Å². The van der Waals surface area contributed by atoms with Crippen molar-refractivity contribution in [3.8, 4) is 0 Å². The Bertz CT molecular complexity index is 913. The Labute approximate surface area is 163 Å². The van der Waals surface area contributed by atoms with Crippen LogP contribution in [0.1, 0.15) is 16.1 Å². The van der Waals surface area contributed by atoms with Crippen LogP contribution in [0.2, 0.25) is 5.02 Å². The van der Waals surface area contributed by atoms with E-state index in [0.29, 0.717) is 32.7 Å². The number of halogens is 1. The molecule has 27 heavy (non-hydrogen) atoms. The summed E-state index contributed by atoms with van der Waals surface area (Å²) in [7, 11) is -2.56. The molecule has 0 saturated carbocycles. The fraction of sp³-hybridized carbons (Fsp3) is 0.333. The van der Waals surface area contributed by atoms with Crippen molar-refractivity contribution in [3.63, 3.8) is 0 Å². The number of hydrogen-bond donors (Lipinski definition) is 0. The topological polar surface area (TPSA) is 79.8 Å². The molecule has 0 aliphatic carbocycles. The van der Waals surface area contributed by atoms with Gasteiger partial charge in [-0.05, 0) is 30.3 Å². The minimum atomic E-state index is -3.80. The van der Waals surface area contributed by atoms with Crippen molar-refractivity contribution in [2.45, 2.75) is 11.4 Å². The molecule has 1 aliphatic heterocycles. The number of esters is 1. The Morgan fingerprint density at radius 2 is 1.93 bits per heavy atom. The van der Waals surface area contributed by atoms with Gasteiger partial charge in [-0.1, -0.05) is 17.7 Å². The predicted octanol–water partition coefficient (Wildman–Crippen LogP) is 2.03.